The van der Waals surface area contributed by atoms with Crippen molar-refractivity contribution in [3.63, 3.8) is 0 Å². The predicted octanol–water partition coefficient (Wildman–Crippen LogP) is 3.84. The van der Waals surface area contributed by atoms with E-state index >= 15 is 0 Å². The molecule has 3 aromatic rings. The van der Waals surface area contributed by atoms with Gasteiger partial charge in [0.2, 0.25) is 17.8 Å². The van der Waals surface area contributed by atoms with E-state index in [-0.39, 0.29) is 17.7 Å². The molecule has 150 valence electrons. The molecule has 2 aromatic carbocycles. The summed E-state index contributed by atoms with van der Waals surface area (Å²) in [5.74, 6) is 0.759. The molecular formula is C19H20ClN7O2. The van der Waals surface area contributed by atoms with Crippen LogP contribution in [0.25, 0.3) is 0 Å². The lowest BCUT2D eigenvalue weighted by atomic mass is 10.1. The Hall–Kier alpha value is -3.46. The number of hydrogen-bond donors (Lipinski definition) is 3. The van der Waals surface area contributed by atoms with Gasteiger partial charge in [-0.1, -0.05) is 35.9 Å². The lowest BCUT2D eigenvalue weighted by Crippen LogP contribution is -2.14. The van der Waals surface area contributed by atoms with Crippen molar-refractivity contribution in [2.45, 2.75) is 19.4 Å². The van der Waals surface area contributed by atoms with Crippen molar-refractivity contribution in [1.29, 1.82) is 0 Å². The monoisotopic (exact) mass is 413 g/mol. The third-order valence-corrected chi connectivity index (χ3v) is 4.42. The van der Waals surface area contributed by atoms with Crippen LogP contribution in [0.1, 0.15) is 24.1 Å². The average molecular weight is 414 g/mol. The van der Waals surface area contributed by atoms with Gasteiger partial charge in [0.1, 0.15) is 0 Å². The second-order valence-corrected chi connectivity index (χ2v) is 6.80. The van der Waals surface area contributed by atoms with Gasteiger partial charge >= 0.3 is 0 Å². The van der Waals surface area contributed by atoms with E-state index in [0.717, 1.165) is 17.5 Å². The Bertz CT molecular complexity index is 998. The number of halogens is 1. The van der Waals surface area contributed by atoms with Crippen molar-refractivity contribution in [3.8, 4) is 0 Å². The van der Waals surface area contributed by atoms with Crippen LogP contribution in [-0.2, 0) is 6.42 Å². The van der Waals surface area contributed by atoms with Crippen LogP contribution in [0.2, 0.25) is 5.02 Å². The summed E-state index contributed by atoms with van der Waals surface area (Å²) in [6.07, 6.45) is 0.744. The number of non-ortho nitro benzene ring substituents is 1. The fourth-order valence-electron chi connectivity index (χ4n) is 2.71. The van der Waals surface area contributed by atoms with Gasteiger partial charge in [0.25, 0.3) is 5.69 Å². The highest BCUT2D eigenvalue weighted by atomic mass is 35.5. The van der Waals surface area contributed by atoms with Crippen LogP contribution in [0, 0.1) is 10.1 Å². The molecule has 9 nitrogen and oxygen atoms in total. The van der Waals surface area contributed by atoms with Crippen LogP contribution >= 0.6 is 11.6 Å². The molecule has 4 N–H and O–H groups in total. The van der Waals surface area contributed by atoms with E-state index in [4.69, 9.17) is 17.3 Å². The number of nitrogens with one attached hydrogen (secondary N) is 2. The Morgan fingerprint density at radius 3 is 2.55 bits per heavy atom. The molecule has 29 heavy (non-hydrogen) atoms. The summed E-state index contributed by atoms with van der Waals surface area (Å²) in [5, 5.41) is 17.7. The van der Waals surface area contributed by atoms with Crippen LogP contribution in [0.15, 0.2) is 48.5 Å². The van der Waals surface area contributed by atoms with Crippen LogP contribution < -0.4 is 16.4 Å². The molecule has 0 bridgehead atoms. The van der Waals surface area contributed by atoms with Gasteiger partial charge in [-0.05, 0) is 36.6 Å². The van der Waals surface area contributed by atoms with E-state index in [1.165, 1.54) is 12.1 Å². The first kappa shape index (κ1) is 20.3. The molecule has 1 aromatic heterocycles. The zero-order valence-corrected chi connectivity index (χ0v) is 16.4. The number of rotatable bonds is 8. The van der Waals surface area contributed by atoms with Gasteiger partial charge in [0.15, 0.2) is 0 Å². The number of aromatic nitrogens is 3. The maximum atomic E-state index is 10.8. The number of nitro groups is 1. The minimum Gasteiger partial charge on any atom is -0.368 e. The Morgan fingerprint density at radius 2 is 1.86 bits per heavy atom. The molecule has 0 saturated heterocycles. The number of nitrogen functional groups attached to an aromatic ring is 1. The first-order valence-corrected chi connectivity index (χ1v) is 9.29. The Labute approximate surface area is 172 Å². The highest BCUT2D eigenvalue weighted by Gasteiger charge is 2.12. The van der Waals surface area contributed by atoms with E-state index in [1.807, 2.05) is 31.2 Å². The van der Waals surface area contributed by atoms with Gasteiger partial charge in [-0.15, -0.1) is 0 Å². The summed E-state index contributed by atoms with van der Waals surface area (Å²) in [6.45, 7) is 2.49. The van der Waals surface area contributed by atoms with E-state index in [2.05, 4.69) is 25.6 Å². The SMILES string of the molecule is C[C@H](Nc1nc(N)nc(NCCc2cccc(Cl)c2)n1)c1ccc([N+](=O)[O-])cc1. The molecule has 0 saturated carbocycles. The molecule has 0 amide bonds. The fourth-order valence-corrected chi connectivity index (χ4v) is 2.92. The summed E-state index contributed by atoms with van der Waals surface area (Å²) < 4.78 is 0. The molecule has 0 spiro atoms. The Balaban J connectivity index is 1.62. The molecule has 1 atom stereocenters. The topological polar surface area (TPSA) is 132 Å². The smallest absolute Gasteiger partial charge is 0.269 e. The van der Waals surface area contributed by atoms with E-state index < -0.39 is 4.92 Å². The first-order valence-electron chi connectivity index (χ1n) is 8.91. The highest BCUT2D eigenvalue weighted by molar-refractivity contribution is 6.30. The lowest BCUT2D eigenvalue weighted by molar-refractivity contribution is -0.384. The number of hydrogen-bond acceptors (Lipinski definition) is 8. The highest BCUT2D eigenvalue weighted by Crippen LogP contribution is 2.21. The summed E-state index contributed by atoms with van der Waals surface area (Å²) in [7, 11) is 0. The second kappa shape index (κ2) is 9.16. The minimum absolute atomic E-state index is 0.0385. The molecule has 0 fully saturated rings. The maximum absolute atomic E-state index is 10.8. The third kappa shape index (κ3) is 5.76. The number of nitrogens with two attached hydrogens (primary N) is 1. The van der Waals surface area contributed by atoms with Crippen molar-refractivity contribution >= 4 is 35.1 Å². The van der Waals surface area contributed by atoms with Crippen molar-refractivity contribution in [1.82, 2.24) is 15.0 Å². The standard InChI is InChI=1S/C19H20ClN7O2/c1-12(14-5-7-16(8-6-14)27(28)29)23-19-25-17(21)24-18(26-19)22-10-9-13-3-2-4-15(20)11-13/h2-8,11-12H,9-10H2,1H3,(H4,21,22,23,24,25,26)/t12-/m0/s1. The minimum atomic E-state index is -0.435. The first-order chi connectivity index (χ1) is 13.9. The molecule has 0 aliphatic carbocycles. The predicted molar refractivity (Wildman–Crippen MR) is 113 cm³/mol. The van der Waals surface area contributed by atoms with Crippen molar-refractivity contribution in [2.75, 3.05) is 22.9 Å². The molecule has 0 aliphatic rings. The lowest BCUT2D eigenvalue weighted by Gasteiger charge is -2.15. The third-order valence-electron chi connectivity index (χ3n) is 4.19. The van der Waals surface area contributed by atoms with Crippen molar-refractivity contribution < 1.29 is 4.92 Å². The van der Waals surface area contributed by atoms with Crippen LogP contribution in [0.5, 0.6) is 0 Å². The van der Waals surface area contributed by atoms with Crippen molar-refractivity contribution in [2.24, 2.45) is 0 Å². The molecule has 0 radical (unpaired) electrons. The number of benzene rings is 2. The average Bonchev–Trinajstić information content (AvgIpc) is 2.67. The summed E-state index contributed by atoms with van der Waals surface area (Å²) in [6, 6.07) is 13.7. The molecule has 0 unspecified atom stereocenters. The van der Waals surface area contributed by atoms with Gasteiger partial charge in [-0.2, -0.15) is 15.0 Å². The van der Waals surface area contributed by atoms with E-state index in [1.54, 1.807) is 12.1 Å². The van der Waals surface area contributed by atoms with Gasteiger partial charge < -0.3 is 16.4 Å². The van der Waals surface area contributed by atoms with Crippen LogP contribution in [0.3, 0.4) is 0 Å². The fraction of sp³-hybridized carbons (Fsp3) is 0.211. The van der Waals surface area contributed by atoms with E-state index in [0.29, 0.717) is 23.5 Å². The van der Waals surface area contributed by atoms with Gasteiger partial charge in [0, 0.05) is 23.7 Å². The van der Waals surface area contributed by atoms with Gasteiger partial charge in [0.05, 0.1) is 11.0 Å². The zero-order valence-electron chi connectivity index (χ0n) is 15.7. The Kier molecular flexibility index (Phi) is 6.40. The van der Waals surface area contributed by atoms with Crippen LogP contribution in [0.4, 0.5) is 23.5 Å². The van der Waals surface area contributed by atoms with Crippen LogP contribution in [-0.4, -0.2) is 26.4 Å². The zero-order chi connectivity index (χ0) is 20.8. The summed E-state index contributed by atoms with van der Waals surface area (Å²) in [4.78, 5) is 22.9. The number of nitro benzene ring substituents is 1. The molecule has 10 heteroatoms. The number of nitrogens with zero attached hydrogens (tertiary/aromatic N) is 4. The van der Waals surface area contributed by atoms with E-state index in [9.17, 15) is 10.1 Å². The summed E-state index contributed by atoms with van der Waals surface area (Å²) in [5.41, 5.74) is 7.78. The van der Waals surface area contributed by atoms with Gasteiger partial charge in [-0.25, -0.2) is 0 Å². The molecule has 3 rings (SSSR count). The van der Waals surface area contributed by atoms with Gasteiger partial charge in [-0.3, -0.25) is 10.1 Å². The quantitative estimate of drug-likeness (QED) is 0.374. The number of anilines is 3. The molecule has 0 aliphatic heterocycles. The second-order valence-electron chi connectivity index (χ2n) is 6.36. The normalized spacial score (nSPS) is 11.7. The molecule has 1 heterocycles. The molecular weight excluding hydrogens is 394 g/mol. The largest absolute Gasteiger partial charge is 0.368 e. The van der Waals surface area contributed by atoms with Crippen molar-refractivity contribution in [3.05, 3.63) is 74.8 Å². The maximum Gasteiger partial charge on any atom is 0.269 e. The Morgan fingerprint density at radius 1 is 1.14 bits per heavy atom. The summed E-state index contributed by atoms with van der Waals surface area (Å²) >= 11 is 5.99.